The number of fused-ring (bicyclic) bond motifs is 1. The Morgan fingerprint density at radius 3 is 2.84 bits per heavy atom. The number of nitrogens with one attached hydrogen (secondary N) is 1. The number of ether oxygens (including phenoxy) is 2. The van der Waals surface area contributed by atoms with Gasteiger partial charge in [0.25, 0.3) is 0 Å². The molecule has 2 aliphatic heterocycles. The Morgan fingerprint density at radius 2 is 2.16 bits per heavy atom. The summed E-state index contributed by atoms with van der Waals surface area (Å²) in [6, 6.07) is 5.62. The van der Waals surface area contributed by atoms with Crippen LogP contribution < -0.4 is 5.32 Å². The molecule has 1 aromatic carbocycles. The molecular formula is C19H25N3O3. The summed E-state index contributed by atoms with van der Waals surface area (Å²) in [4.78, 5) is 16.8. The van der Waals surface area contributed by atoms with Crippen molar-refractivity contribution in [1.82, 2.24) is 14.9 Å². The van der Waals surface area contributed by atoms with E-state index in [0.717, 1.165) is 55.9 Å². The van der Waals surface area contributed by atoms with E-state index in [4.69, 9.17) is 14.5 Å². The zero-order valence-corrected chi connectivity index (χ0v) is 14.7. The van der Waals surface area contributed by atoms with Gasteiger partial charge in [0.1, 0.15) is 5.82 Å². The van der Waals surface area contributed by atoms with Crippen molar-refractivity contribution < 1.29 is 14.3 Å². The molecule has 0 saturated carbocycles. The molecule has 3 heterocycles. The normalized spacial score (nSPS) is 21.2. The fraction of sp³-hybridized carbons (Fsp3) is 0.579. The van der Waals surface area contributed by atoms with Crippen LogP contribution in [0.1, 0.15) is 35.4 Å². The van der Waals surface area contributed by atoms with Gasteiger partial charge in [-0.05, 0) is 56.5 Å². The molecule has 0 aliphatic carbocycles. The van der Waals surface area contributed by atoms with E-state index in [1.54, 1.807) is 6.07 Å². The zero-order valence-electron chi connectivity index (χ0n) is 14.7. The molecular weight excluding hydrogens is 318 g/mol. The Morgan fingerprint density at radius 1 is 1.36 bits per heavy atom. The minimum Gasteiger partial charge on any atom is -0.465 e. The van der Waals surface area contributed by atoms with E-state index in [0.29, 0.717) is 11.5 Å². The lowest BCUT2D eigenvalue weighted by atomic mass is 9.94. The molecule has 2 fully saturated rings. The summed E-state index contributed by atoms with van der Waals surface area (Å²) >= 11 is 0. The van der Waals surface area contributed by atoms with Crippen LogP contribution in [0.3, 0.4) is 0 Å². The van der Waals surface area contributed by atoms with Gasteiger partial charge in [0.15, 0.2) is 0 Å². The molecule has 6 heteroatoms. The van der Waals surface area contributed by atoms with Crippen LogP contribution in [0.4, 0.5) is 0 Å². The first-order chi connectivity index (χ1) is 12.2. The number of hydrogen-bond acceptors (Lipinski definition) is 5. The third-order valence-corrected chi connectivity index (χ3v) is 5.36. The van der Waals surface area contributed by atoms with Crippen LogP contribution in [-0.2, 0) is 22.4 Å². The van der Waals surface area contributed by atoms with E-state index in [-0.39, 0.29) is 12.1 Å². The highest BCUT2D eigenvalue weighted by molar-refractivity contribution is 5.93. The second kappa shape index (κ2) is 7.14. The number of piperidine rings is 1. The number of esters is 1. The number of aromatic nitrogens is 2. The molecule has 1 atom stereocenters. The van der Waals surface area contributed by atoms with Gasteiger partial charge in [-0.15, -0.1) is 0 Å². The first-order valence-corrected chi connectivity index (χ1v) is 9.14. The quantitative estimate of drug-likeness (QED) is 0.843. The van der Waals surface area contributed by atoms with Crippen LogP contribution in [-0.4, -0.2) is 48.4 Å². The zero-order chi connectivity index (χ0) is 17.2. The highest BCUT2D eigenvalue weighted by Crippen LogP contribution is 2.25. The van der Waals surface area contributed by atoms with Crippen LogP contribution in [0.25, 0.3) is 11.0 Å². The number of hydrogen-bond donors (Lipinski definition) is 1. The highest BCUT2D eigenvalue weighted by atomic mass is 16.5. The molecule has 0 spiro atoms. The Bertz CT molecular complexity index is 761. The maximum atomic E-state index is 11.9. The molecule has 2 aliphatic rings. The van der Waals surface area contributed by atoms with Gasteiger partial charge in [0.05, 0.1) is 36.4 Å². The van der Waals surface area contributed by atoms with Gasteiger partial charge in [-0.3, -0.25) is 0 Å². The summed E-state index contributed by atoms with van der Waals surface area (Å²) in [6.45, 7) is 3.82. The first-order valence-electron chi connectivity index (χ1n) is 9.14. The summed E-state index contributed by atoms with van der Waals surface area (Å²) in [6.07, 6.45) is 4.71. The monoisotopic (exact) mass is 343 g/mol. The Labute approximate surface area is 147 Å². The predicted octanol–water partition coefficient (Wildman–Crippen LogP) is 2.15. The topological polar surface area (TPSA) is 65.4 Å². The van der Waals surface area contributed by atoms with Crippen LogP contribution in [0.2, 0.25) is 0 Å². The van der Waals surface area contributed by atoms with Gasteiger partial charge in [0.2, 0.25) is 0 Å². The van der Waals surface area contributed by atoms with Crippen LogP contribution >= 0.6 is 0 Å². The van der Waals surface area contributed by atoms with E-state index >= 15 is 0 Å². The molecule has 134 valence electrons. The van der Waals surface area contributed by atoms with Gasteiger partial charge >= 0.3 is 5.97 Å². The minimum atomic E-state index is -0.311. The Balaban J connectivity index is 1.69. The molecule has 0 radical (unpaired) electrons. The van der Waals surface area contributed by atoms with Crippen molar-refractivity contribution >= 4 is 17.0 Å². The largest absolute Gasteiger partial charge is 0.465 e. The predicted molar refractivity (Wildman–Crippen MR) is 94.7 cm³/mol. The average molecular weight is 343 g/mol. The smallest absolute Gasteiger partial charge is 0.337 e. The second-order valence-electron chi connectivity index (χ2n) is 7.01. The Kier molecular flexibility index (Phi) is 4.72. The number of benzene rings is 1. The molecule has 1 N–H and O–H groups in total. The Hall–Kier alpha value is -1.92. The number of methoxy groups -OCH3 is 1. The molecule has 0 bridgehead atoms. The minimum absolute atomic E-state index is 0.256. The van der Waals surface area contributed by atoms with Crippen molar-refractivity contribution in [2.75, 3.05) is 26.8 Å². The number of carbonyl (C=O) groups is 1. The van der Waals surface area contributed by atoms with Gasteiger partial charge in [-0.2, -0.15) is 0 Å². The van der Waals surface area contributed by atoms with Gasteiger partial charge in [-0.1, -0.05) is 0 Å². The summed E-state index contributed by atoms with van der Waals surface area (Å²) in [5, 5.41) is 3.42. The van der Waals surface area contributed by atoms with Crippen molar-refractivity contribution in [3.63, 3.8) is 0 Å². The van der Waals surface area contributed by atoms with Crippen molar-refractivity contribution in [2.24, 2.45) is 5.92 Å². The SMILES string of the molecule is COC(=O)c1ccc2nc(CC3CCNCC3)n(CC3CCO3)c2c1. The third-order valence-electron chi connectivity index (χ3n) is 5.36. The maximum Gasteiger partial charge on any atom is 0.337 e. The van der Waals surface area contributed by atoms with E-state index in [1.165, 1.54) is 20.0 Å². The number of imidazole rings is 1. The van der Waals surface area contributed by atoms with Crippen molar-refractivity contribution in [3.8, 4) is 0 Å². The van der Waals surface area contributed by atoms with Gasteiger partial charge < -0.3 is 19.4 Å². The molecule has 2 aromatic rings. The van der Waals surface area contributed by atoms with E-state index in [1.807, 2.05) is 12.1 Å². The van der Waals surface area contributed by atoms with Crippen molar-refractivity contribution in [1.29, 1.82) is 0 Å². The van der Waals surface area contributed by atoms with Crippen LogP contribution in [0.15, 0.2) is 18.2 Å². The standard InChI is InChI=1S/C19H25N3O3/c1-24-19(23)14-2-3-16-17(11-14)22(12-15-6-9-25-15)18(21-16)10-13-4-7-20-8-5-13/h2-3,11,13,15,20H,4-10,12H2,1H3. The molecule has 0 amide bonds. The lowest BCUT2D eigenvalue weighted by molar-refractivity contribution is -0.0590. The highest BCUT2D eigenvalue weighted by Gasteiger charge is 2.24. The number of carbonyl (C=O) groups excluding carboxylic acids is 1. The maximum absolute atomic E-state index is 11.9. The summed E-state index contributed by atoms with van der Waals surface area (Å²) in [7, 11) is 1.41. The summed E-state index contributed by atoms with van der Waals surface area (Å²) in [5.74, 6) is 1.47. The second-order valence-corrected chi connectivity index (χ2v) is 7.01. The van der Waals surface area contributed by atoms with E-state index in [2.05, 4.69) is 9.88 Å². The van der Waals surface area contributed by atoms with Crippen LogP contribution in [0.5, 0.6) is 0 Å². The fourth-order valence-corrected chi connectivity index (χ4v) is 3.75. The third kappa shape index (κ3) is 3.41. The molecule has 6 nitrogen and oxygen atoms in total. The average Bonchev–Trinajstić information content (AvgIpc) is 2.94. The molecule has 1 aromatic heterocycles. The van der Waals surface area contributed by atoms with Crippen molar-refractivity contribution in [2.45, 2.75) is 38.3 Å². The van der Waals surface area contributed by atoms with Crippen molar-refractivity contribution in [3.05, 3.63) is 29.6 Å². The molecule has 2 saturated heterocycles. The fourth-order valence-electron chi connectivity index (χ4n) is 3.75. The summed E-state index contributed by atoms with van der Waals surface area (Å²) in [5.41, 5.74) is 2.51. The summed E-state index contributed by atoms with van der Waals surface area (Å²) < 4.78 is 12.8. The lowest BCUT2D eigenvalue weighted by Crippen LogP contribution is -2.33. The number of nitrogens with zero attached hydrogens (tertiary/aromatic N) is 2. The molecule has 1 unspecified atom stereocenters. The van der Waals surface area contributed by atoms with Gasteiger partial charge in [0, 0.05) is 13.0 Å². The number of rotatable bonds is 5. The molecule has 4 rings (SSSR count). The lowest BCUT2D eigenvalue weighted by Gasteiger charge is -2.28. The van der Waals surface area contributed by atoms with Gasteiger partial charge in [-0.25, -0.2) is 9.78 Å². The van der Waals surface area contributed by atoms with E-state index in [9.17, 15) is 4.79 Å². The van der Waals surface area contributed by atoms with Crippen LogP contribution in [0, 0.1) is 5.92 Å². The van der Waals surface area contributed by atoms with E-state index < -0.39 is 0 Å². The first kappa shape index (κ1) is 16.5. The molecule has 25 heavy (non-hydrogen) atoms.